The highest BCUT2D eigenvalue weighted by molar-refractivity contribution is 5.99. The predicted molar refractivity (Wildman–Crippen MR) is 106 cm³/mol. The number of aldehydes is 1. The van der Waals surface area contributed by atoms with E-state index in [0.717, 1.165) is 28.6 Å². The molecule has 0 saturated heterocycles. The Bertz CT molecular complexity index is 945. The molecule has 148 valence electrons. The number of esters is 1. The highest BCUT2D eigenvalue weighted by Crippen LogP contribution is 2.22. The van der Waals surface area contributed by atoms with Gasteiger partial charge in [0.15, 0.2) is 6.29 Å². The second-order valence-electron chi connectivity index (χ2n) is 5.93. The van der Waals surface area contributed by atoms with Crippen LogP contribution in [0.15, 0.2) is 49.3 Å². The first-order valence-electron chi connectivity index (χ1n) is 8.61. The Kier molecular flexibility index (Phi) is 7.53. The van der Waals surface area contributed by atoms with Crippen LogP contribution in [0, 0.1) is 0 Å². The van der Waals surface area contributed by atoms with Gasteiger partial charge in [-0.25, -0.2) is 4.68 Å². The summed E-state index contributed by atoms with van der Waals surface area (Å²) in [5, 5.41) is 4.74. The smallest absolute Gasteiger partial charge is 0.322 e. The van der Waals surface area contributed by atoms with E-state index in [4.69, 9.17) is 10.5 Å². The van der Waals surface area contributed by atoms with Gasteiger partial charge in [-0.15, -0.1) is 0 Å². The Morgan fingerprint density at radius 3 is 2.82 bits per heavy atom. The van der Waals surface area contributed by atoms with Gasteiger partial charge in [-0.2, -0.15) is 5.10 Å². The highest BCUT2D eigenvalue weighted by atomic mass is 16.5. The van der Waals surface area contributed by atoms with E-state index in [1.807, 2.05) is 19.2 Å². The third-order valence-electron chi connectivity index (χ3n) is 4.02. The molecule has 8 heteroatoms. The maximum absolute atomic E-state index is 11.3. The van der Waals surface area contributed by atoms with E-state index in [1.54, 1.807) is 35.3 Å². The van der Waals surface area contributed by atoms with Crippen LogP contribution < -0.4 is 10.5 Å². The maximum atomic E-state index is 11.3. The molecule has 2 aromatic heterocycles. The first-order chi connectivity index (χ1) is 13.5. The Labute approximate surface area is 162 Å². The Morgan fingerprint density at radius 1 is 1.43 bits per heavy atom. The molecule has 0 fully saturated rings. The molecule has 2 heterocycles. The van der Waals surface area contributed by atoms with Gasteiger partial charge in [0.2, 0.25) is 5.88 Å². The van der Waals surface area contributed by atoms with E-state index in [1.165, 1.54) is 7.11 Å². The number of rotatable bonds is 7. The van der Waals surface area contributed by atoms with Crippen molar-refractivity contribution in [3.63, 3.8) is 0 Å². The average Bonchev–Trinajstić information content (AvgIpc) is 3.32. The van der Waals surface area contributed by atoms with Crippen molar-refractivity contribution in [2.75, 3.05) is 13.7 Å². The van der Waals surface area contributed by atoms with Crippen LogP contribution in [0.5, 0.6) is 5.88 Å². The first-order valence-corrected chi connectivity index (χ1v) is 8.61. The number of aromatic amines is 1. The fraction of sp³-hybridized carbons (Fsp3) is 0.250. The molecule has 8 nitrogen and oxygen atoms in total. The number of benzene rings is 1. The quantitative estimate of drug-likeness (QED) is 0.366. The molecule has 1 atom stereocenters. The number of nitrogens with zero attached hydrogens (tertiary/aromatic N) is 2. The average molecular weight is 384 g/mol. The molecule has 3 N–H and O–H groups in total. The van der Waals surface area contributed by atoms with Gasteiger partial charge in [0.1, 0.15) is 12.6 Å². The molecule has 3 rings (SSSR count). The van der Waals surface area contributed by atoms with Crippen LogP contribution in [0.4, 0.5) is 0 Å². The lowest BCUT2D eigenvalue weighted by atomic mass is 10.0. The van der Waals surface area contributed by atoms with Gasteiger partial charge < -0.3 is 20.2 Å². The van der Waals surface area contributed by atoms with E-state index in [9.17, 15) is 9.59 Å². The summed E-state index contributed by atoms with van der Waals surface area (Å²) in [5.41, 5.74) is 8.00. The summed E-state index contributed by atoms with van der Waals surface area (Å²) >= 11 is 0. The zero-order valence-corrected chi connectivity index (χ0v) is 15.9. The summed E-state index contributed by atoms with van der Waals surface area (Å²) in [6, 6.07) is 6.48. The normalized spacial score (nSPS) is 11.2. The summed E-state index contributed by atoms with van der Waals surface area (Å²) in [7, 11) is 3.13. The number of aryl methyl sites for hydroxylation is 1. The van der Waals surface area contributed by atoms with Gasteiger partial charge in [0, 0.05) is 42.2 Å². The van der Waals surface area contributed by atoms with Crippen LogP contribution in [-0.2, 0) is 23.0 Å². The Hall–Kier alpha value is -3.39. The van der Waals surface area contributed by atoms with E-state index >= 15 is 0 Å². The third kappa shape index (κ3) is 5.08. The summed E-state index contributed by atoms with van der Waals surface area (Å²) in [4.78, 5) is 25.4. The van der Waals surface area contributed by atoms with Crippen LogP contribution in [-0.4, -0.2) is 46.8 Å². The third-order valence-corrected chi connectivity index (χ3v) is 4.02. The minimum atomic E-state index is -0.728. The highest BCUT2D eigenvalue weighted by Gasteiger charge is 2.17. The van der Waals surface area contributed by atoms with Gasteiger partial charge in [0.25, 0.3) is 0 Å². The summed E-state index contributed by atoms with van der Waals surface area (Å²) in [6.07, 6.45) is 6.28. The molecule has 0 aliphatic rings. The van der Waals surface area contributed by atoms with E-state index in [-0.39, 0.29) is 0 Å². The van der Waals surface area contributed by atoms with Crippen molar-refractivity contribution in [2.24, 2.45) is 12.8 Å². The number of methoxy groups -OCH3 is 1. The van der Waals surface area contributed by atoms with Crippen LogP contribution in [0.2, 0.25) is 0 Å². The van der Waals surface area contributed by atoms with E-state index in [2.05, 4.69) is 21.4 Å². The van der Waals surface area contributed by atoms with Gasteiger partial charge in [-0.1, -0.05) is 24.8 Å². The van der Waals surface area contributed by atoms with Crippen LogP contribution in [0.3, 0.4) is 0 Å². The molecule has 1 aromatic carbocycles. The summed E-state index contributed by atoms with van der Waals surface area (Å²) < 4.78 is 11.5. The number of carbonyl (C=O) groups is 2. The summed E-state index contributed by atoms with van der Waals surface area (Å²) in [5.74, 6) is 0.299. The molecule has 3 aromatic rings. The standard InChI is InChI=1S/C13H14N2O3.C7H10N2O/c1-18-13(17)10(14)5-9-6-15-11-4-2-3-8(7-16)12(9)11;1-3-6-10-7-4-5-8-9(7)2/h2-4,6-7,10,15H,5,14H2,1H3;3-5H,1,6H2,2H3. The second-order valence-corrected chi connectivity index (χ2v) is 5.93. The number of hydrogen-bond donors (Lipinski definition) is 2. The number of ether oxygens (including phenoxy) is 2. The van der Waals surface area contributed by atoms with Crippen molar-refractivity contribution >= 4 is 23.2 Å². The zero-order chi connectivity index (χ0) is 20.5. The van der Waals surface area contributed by atoms with Gasteiger partial charge in [-0.3, -0.25) is 9.59 Å². The molecule has 1 unspecified atom stereocenters. The summed E-state index contributed by atoms with van der Waals surface area (Å²) in [6.45, 7) is 4.06. The number of nitrogens with two attached hydrogens (primary N) is 1. The van der Waals surface area contributed by atoms with Crippen molar-refractivity contribution in [3.8, 4) is 5.88 Å². The lowest BCUT2D eigenvalue weighted by Crippen LogP contribution is -2.33. The molecule has 0 saturated carbocycles. The first kappa shape index (κ1) is 20.9. The molecule has 0 aliphatic carbocycles. The zero-order valence-electron chi connectivity index (χ0n) is 15.9. The fourth-order valence-corrected chi connectivity index (χ4v) is 2.66. The maximum Gasteiger partial charge on any atom is 0.322 e. The van der Waals surface area contributed by atoms with E-state index < -0.39 is 12.0 Å². The topological polar surface area (TPSA) is 112 Å². The van der Waals surface area contributed by atoms with Gasteiger partial charge in [0.05, 0.1) is 13.3 Å². The largest absolute Gasteiger partial charge is 0.474 e. The molecule has 0 amide bonds. The van der Waals surface area contributed by atoms with Crippen molar-refractivity contribution in [1.82, 2.24) is 14.8 Å². The van der Waals surface area contributed by atoms with Gasteiger partial charge >= 0.3 is 5.97 Å². The Morgan fingerprint density at radius 2 is 2.21 bits per heavy atom. The van der Waals surface area contributed by atoms with Crippen LogP contribution in [0.1, 0.15) is 15.9 Å². The number of nitrogens with one attached hydrogen (secondary N) is 1. The molecule has 0 radical (unpaired) electrons. The monoisotopic (exact) mass is 384 g/mol. The second kappa shape index (κ2) is 10.1. The van der Waals surface area contributed by atoms with Crippen LogP contribution >= 0.6 is 0 Å². The molecule has 0 spiro atoms. The van der Waals surface area contributed by atoms with Crippen molar-refractivity contribution in [1.29, 1.82) is 0 Å². The lowest BCUT2D eigenvalue weighted by molar-refractivity contribution is -0.142. The molecule has 28 heavy (non-hydrogen) atoms. The molecular formula is C20H24N4O4. The SMILES string of the molecule is C=CCOc1ccnn1C.COC(=O)C(N)Cc1c[nH]c2cccc(C=O)c12. The predicted octanol–water partition coefficient (Wildman–Crippen LogP) is 2.01. The van der Waals surface area contributed by atoms with Crippen molar-refractivity contribution < 1.29 is 19.1 Å². The molecular weight excluding hydrogens is 360 g/mol. The fourth-order valence-electron chi connectivity index (χ4n) is 2.66. The number of aromatic nitrogens is 3. The minimum Gasteiger partial charge on any atom is -0.474 e. The van der Waals surface area contributed by atoms with Crippen LogP contribution in [0.25, 0.3) is 10.9 Å². The van der Waals surface area contributed by atoms with Crippen molar-refractivity contribution in [3.05, 3.63) is 60.4 Å². The number of H-pyrrole nitrogens is 1. The minimum absolute atomic E-state index is 0.331. The number of hydrogen-bond acceptors (Lipinski definition) is 6. The van der Waals surface area contributed by atoms with Crippen molar-refractivity contribution in [2.45, 2.75) is 12.5 Å². The van der Waals surface area contributed by atoms with E-state index in [0.29, 0.717) is 18.6 Å². The number of carbonyl (C=O) groups excluding carboxylic acids is 2. The van der Waals surface area contributed by atoms with Gasteiger partial charge in [-0.05, 0) is 11.6 Å². The number of fused-ring (bicyclic) bond motifs is 1. The molecule has 0 aliphatic heterocycles. The Balaban J connectivity index is 0.000000237. The lowest BCUT2D eigenvalue weighted by Gasteiger charge is -2.08. The molecule has 0 bridgehead atoms.